The maximum Gasteiger partial charge on any atom is 0.370 e. The van der Waals surface area contributed by atoms with Gasteiger partial charge in [-0.25, -0.2) is 9.18 Å². The lowest BCUT2D eigenvalue weighted by atomic mass is 9.86. The molecule has 0 spiro atoms. The van der Waals surface area contributed by atoms with Crippen LogP contribution in [0.1, 0.15) is 34.6 Å². The molecule has 0 unspecified atom stereocenters. The number of carbonyl (C=O) groups is 6. The molecule has 1 rings (SSSR count). The van der Waals surface area contributed by atoms with Crippen molar-refractivity contribution < 1.29 is 66.3 Å². The standard InChI is InChI=1S/C23H32FNO13/c1-8-9-34-23(22(31)32-7)21(24)20(37-15(6)30)17(25-11(2)26)19(38-23)18(36-14(5)29)16(35-13(4)28)10-33-12(3)27/h8,16-21H,1,9-10H2,2-7H3,(H,25,26)/t16-,17+,18-,19-,20-,21-,23-/m1/s1. The number of nitrogens with one attached hydrogen (secondary N) is 1. The van der Waals surface area contributed by atoms with Gasteiger partial charge in [-0.1, -0.05) is 6.08 Å². The van der Waals surface area contributed by atoms with E-state index in [-0.39, 0.29) is 0 Å². The Bertz CT molecular complexity index is 925. The molecule has 1 saturated heterocycles. The smallest absolute Gasteiger partial charge is 0.370 e. The Morgan fingerprint density at radius 1 is 1.00 bits per heavy atom. The molecule has 1 aliphatic rings. The van der Waals surface area contributed by atoms with Crippen LogP contribution in [0.3, 0.4) is 0 Å². The second kappa shape index (κ2) is 14.4. The Morgan fingerprint density at radius 3 is 2.05 bits per heavy atom. The van der Waals surface area contributed by atoms with Crippen molar-refractivity contribution in [2.75, 3.05) is 20.3 Å². The van der Waals surface area contributed by atoms with E-state index >= 15 is 4.39 Å². The monoisotopic (exact) mass is 549 g/mol. The van der Waals surface area contributed by atoms with Gasteiger partial charge in [0.15, 0.2) is 18.3 Å². The molecule has 0 aromatic heterocycles. The highest BCUT2D eigenvalue weighted by Crippen LogP contribution is 2.39. The zero-order valence-corrected chi connectivity index (χ0v) is 21.8. The van der Waals surface area contributed by atoms with Gasteiger partial charge in [-0.3, -0.25) is 24.0 Å². The summed E-state index contributed by atoms with van der Waals surface area (Å²) in [6, 6.07) is -1.66. The van der Waals surface area contributed by atoms with Gasteiger partial charge in [0, 0.05) is 34.6 Å². The van der Waals surface area contributed by atoms with Gasteiger partial charge in [0.2, 0.25) is 12.1 Å². The number of esters is 5. The number of methoxy groups -OCH3 is 1. The molecular formula is C23H32FNO13. The number of carbonyl (C=O) groups excluding carboxylic acids is 6. The normalized spacial score (nSPS) is 26.1. The number of rotatable bonds is 12. The molecule has 15 heteroatoms. The van der Waals surface area contributed by atoms with Gasteiger partial charge >= 0.3 is 35.6 Å². The van der Waals surface area contributed by atoms with E-state index in [1.54, 1.807) is 0 Å². The predicted octanol–water partition coefficient (Wildman–Crippen LogP) is -0.342. The van der Waals surface area contributed by atoms with Crippen molar-refractivity contribution in [3.63, 3.8) is 0 Å². The lowest BCUT2D eigenvalue weighted by molar-refractivity contribution is -0.335. The van der Waals surface area contributed by atoms with Crippen LogP contribution < -0.4 is 5.32 Å². The second-order valence-corrected chi connectivity index (χ2v) is 8.07. The average molecular weight is 550 g/mol. The molecule has 0 aromatic rings. The van der Waals surface area contributed by atoms with Crippen molar-refractivity contribution in [3.05, 3.63) is 12.7 Å². The van der Waals surface area contributed by atoms with Crippen LogP contribution in [0.2, 0.25) is 0 Å². The van der Waals surface area contributed by atoms with E-state index in [0.717, 1.165) is 47.8 Å². The minimum Gasteiger partial charge on any atom is -0.465 e. The summed E-state index contributed by atoms with van der Waals surface area (Å²) in [5.74, 6) is -8.82. The van der Waals surface area contributed by atoms with Crippen molar-refractivity contribution in [1.82, 2.24) is 5.32 Å². The van der Waals surface area contributed by atoms with Crippen LogP contribution in [0.15, 0.2) is 12.7 Å². The predicted molar refractivity (Wildman–Crippen MR) is 122 cm³/mol. The first-order valence-electron chi connectivity index (χ1n) is 11.3. The molecule has 0 aromatic carbocycles. The van der Waals surface area contributed by atoms with E-state index in [9.17, 15) is 28.8 Å². The summed E-state index contributed by atoms with van der Waals surface area (Å²) in [5, 5.41) is 2.35. The van der Waals surface area contributed by atoms with Crippen LogP contribution in [0.25, 0.3) is 0 Å². The average Bonchev–Trinajstić information content (AvgIpc) is 2.81. The minimum atomic E-state index is -2.94. The molecule has 38 heavy (non-hydrogen) atoms. The fraction of sp³-hybridized carbons (Fsp3) is 0.652. The molecule has 1 amide bonds. The SMILES string of the molecule is C=CCO[C@@]1(C(=O)OC)O[C@@H]([C@H](OC(C)=O)[C@@H](COC(C)=O)OC(C)=O)[C@H](NC(C)=O)[C@@H](OC(C)=O)[C@H]1F. The topological polar surface area (TPSA) is 179 Å². The largest absolute Gasteiger partial charge is 0.465 e. The fourth-order valence-corrected chi connectivity index (χ4v) is 3.73. The summed E-state index contributed by atoms with van der Waals surface area (Å²) in [6.07, 6.45) is -8.64. The molecule has 7 atom stereocenters. The van der Waals surface area contributed by atoms with E-state index in [2.05, 4.69) is 16.6 Å². The maximum absolute atomic E-state index is 16.1. The summed E-state index contributed by atoms with van der Waals surface area (Å²) in [6.45, 7) is 7.30. The highest BCUT2D eigenvalue weighted by Gasteiger charge is 2.66. The summed E-state index contributed by atoms with van der Waals surface area (Å²) in [7, 11) is 0.902. The quantitative estimate of drug-likeness (QED) is 0.190. The number of hydrogen-bond acceptors (Lipinski definition) is 13. The highest BCUT2D eigenvalue weighted by molar-refractivity contribution is 5.80. The zero-order chi connectivity index (χ0) is 29.2. The molecule has 1 fully saturated rings. The van der Waals surface area contributed by atoms with Crippen molar-refractivity contribution in [1.29, 1.82) is 0 Å². The number of halogens is 1. The number of amides is 1. The van der Waals surface area contributed by atoms with Crippen LogP contribution in [-0.2, 0) is 61.9 Å². The highest BCUT2D eigenvalue weighted by atomic mass is 19.1. The van der Waals surface area contributed by atoms with Gasteiger partial charge in [-0.05, 0) is 0 Å². The van der Waals surface area contributed by atoms with E-state index < -0.39 is 91.4 Å². The number of hydrogen-bond donors (Lipinski definition) is 1. The van der Waals surface area contributed by atoms with Crippen molar-refractivity contribution in [3.8, 4) is 0 Å². The van der Waals surface area contributed by atoms with Crippen molar-refractivity contribution >= 4 is 35.8 Å². The lowest BCUT2D eigenvalue weighted by Gasteiger charge is -2.49. The molecule has 1 heterocycles. The number of ether oxygens (including phenoxy) is 7. The molecule has 0 aliphatic carbocycles. The minimum absolute atomic E-state index is 0.473. The van der Waals surface area contributed by atoms with E-state index in [0.29, 0.717) is 0 Å². The zero-order valence-electron chi connectivity index (χ0n) is 21.8. The third kappa shape index (κ3) is 8.48. The van der Waals surface area contributed by atoms with Crippen LogP contribution >= 0.6 is 0 Å². The van der Waals surface area contributed by atoms with Gasteiger partial charge in [-0.2, -0.15) is 0 Å². The third-order valence-electron chi connectivity index (χ3n) is 4.99. The summed E-state index contributed by atoms with van der Waals surface area (Å²) in [4.78, 5) is 72.3. The Balaban J connectivity index is 3.90. The van der Waals surface area contributed by atoms with E-state index in [4.69, 9.17) is 28.4 Å². The van der Waals surface area contributed by atoms with Crippen LogP contribution in [0.4, 0.5) is 4.39 Å². The first-order valence-corrected chi connectivity index (χ1v) is 11.3. The fourth-order valence-electron chi connectivity index (χ4n) is 3.73. The van der Waals surface area contributed by atoms with Crippen LogP contribution in [0, 0.1) is 0 Å². The van der Waals surface area contributed by atoms with Crippen LogP contribution in [-0.4, -0.2) is 98.5 Å². The van der Waals surface area contributed by atoms with Gasteiger partial charge < -0.3 is 38.5 Å². The molecule has 0 saturated carbocycles. The molecule has 1 aliphatic heterocycles. The molecule has 0 radical (unpaired) electrons. The summed E-state index contributed by atoms with van der Waals surface area (Å²) < 4.78 is 52.5. The van der Waals surface area contributed by atoms with Crippen LogP contribution in [0.5, 0.6) is 0 Å². The Kier molecular flexibility index (Phi) is 12.3. The molecule has 1 N–H and O–H groups in total. The Hall–Kier alpha value is -3.59. The summed E-state index contributed by atoms with van der Waals surface area (Å²) in [5.41, 5.74) is 0. The van der Waals surface area contributed by atoms with Gasteiger partial charge in [-0.15, -0.1) is 6.58 Å². The second-order valence-electron chi connectivity index (χ2n) is 8.07. The summed E-state index contributed by atoms with van der Waals surface area (Å²) >= 11 is 0. The molecular weight excluding hydrogens is 517 g/mol. The van der Waals surface area contributed by atoms with Crippen molar-refractivity contribution in [2.24, 2.45) is 0 Å². The van der Waals surface area contributed by atoms with Crippen molar-refractivity contribution in [2.45, 2.75) is 77.0 Å². The third-order valence-corrected chi connectivity index (χ3v) is 4.99. The Morgan fingerprint density at radius 2 is 1.61 bits per heavy atom. The maximum atomic E-state index is 16.1. The molecule has 0 bridgehead atoms. The van der Waals surface area contributed by atoms with Gasteiger partial charge in [0.25, 0.3) is 0 Å². The Labute approximate surface area is 218 Å². The molecule has 14 nitrogen and oxygen atoms in total. The number of alkyl halides is 1. The van der Waals surface area contributed by atoms with E-state index in [1.165, 1.54) is 0 Å². The molecule has 214 valence electrons. The first kappa shape index (κ1) is 32.4. The lowest BCUT2D eigenvalue weighted by Crippen LogP contribution is -2.74. The first-order chi connectivity index (χ1) is 17.7. The van der Waals surface area contributed by atoms with Gasteiger partial charge in [0.1, 0.15) is 12.7 Å². The van der Waals surface area contributed by atoms with E-state index in [1.807, 2.05) is 0 Å². The van der Waals surface area contributed by atoms with Gasteiger partial charge in [0.05, 0.1) is 19.8 Å².